The molecular formula is C23H29N11O. The highest BCUT2D eigenvalue weighted by molar-refractivity contribution is 5.71. The number of nitrogens with one attached hydrogen (secondary N) is 1. The molecule has 0 saturated carbocycles. The van der Waals surface area contributed by atoms with Crippen molar-refractivity contribution in [1.29, 1.82) is 0 Å². The van der Waals surface area contributed by atoms with Gasteiger partial charge in [-0.05, 0) is 19.0 Å². The maximum Gasteiger partial charge on any atom is 0.225 e. The van der Waals surface area contributed by atoms with Gasteiger partial charge in [0.15, 0.2) is 5.65 Å². The van der Waals surface area contributed by atoms with Crippen molar-refractivity contribution in [3.05, 3.63) is 42.1 Å². The lowest BCUT2D eigenvalue weighted by Gasteiger charge is -2.32. The molecule has 0 aromatic carbocycles. The van der Waals surface area contributed by atoms with Crippen molar-refractivity contribution in [1.82, 2.24) is 50.3 Å². The van der Waals surface area contributed by atoms with E-state index in [-0.39, 0.29) is 6.10 Å². The molecule has 12 heteroatoms. The van der Waals surface area contributed by atoms with Crippen LogP contribution in [-0.2, 0) is 11.3 Å². The number of hydrogen-bond acceptors (Lipinski definition) is 11. The fraction of sp³-hybridized carbons (Fsp3) is 0.478. The summed E-state index contributed by atoms with van der Waals surface area (Å²) in [7, 11) is 4.12. The lowest BCUT2D eigenvalue weighted by Crippen LogP contribution is -2.45. The third-order valence-electron chi connectivity index (χ3n) is 6.64. The maximum absolute atomic E-state index is 6.05. The summed E-state index contributed by atoms with van der Waals surface area (Å²) in [5.74, 6) is 0.728. The second kappa shape index (κ2) is 9.29. The molecule has 1 atom stereocenters. The molecule has 6 heterocycles. The number of likely N-dealkylation sites (N-methyl/N-ethyl adjacent to an activating group) is 2. The Morgan fingerprint density at radius 1 is 1.09 bits per heavy atom. The number of anilines is 1. The van der Waals surface area contributed by atoms with Gasteiger partial charge in [-0.15, -0.1) is 5.10 Å². The van der Waals surface area contributed by atoms with Crippen LogP contribution in [0.3, 0.4) is 0 Å². The summed E-state index contributed by atoms with van der Waals surface area (Å²) in [6.45, 7) is 5.34. The summed E-state index contributed by atoms with van der Waals surface area (Å²) < 4.78 is 7.83. The molecule has 3 aromatic rings. The van der Waals surface area contributed by atoms with Gasteiger partial charge in [-0.3, -0.25) is 0 Å². The molecule has 3 aliphatic heterocycles. The van der Waals surface area contributed by atoms with E-state index in [1.165, 1.54) is 5.57 Å². The largest absolute Gasteiger partial charge is 0.373 e. The van der Waals surface area contributed by atoms with Crippen LogP contribution in [0.2, 0.25) is 0 Å². The average molecular weight is 476 g/mol. The smallest absolute Gasteiger partial charge is 0.225 e. The third kappa shape index (κ3) is 4.59. The maximum atomic E-state index is 6.05. The van der Waals surface area contributed by atoms with Crippen molar-refractivity contribution in [2.75, 3.05) is 58.3 Å². The van der Waals surface area contributed by atoms with E-state index in [1.54, 1.807) is 10.9 Å². The standard InChI is InChI=1S/C23H29N11O/c1-31-5-3-16(4-6-31)17-9-25-23(26-10-17)33-7-8-35-19(14-33)15-34-22-21(29-30-34)24-12-20(28-22)18-11-27-32(2)13-18/h3,9-12,19,27H,4-8,13-15H2,1-2H3/t19-/m0/s1. The number of hydrazine groups is 1. The first-order valence-electron chi connectivity index (χ1n) is 11.9. The Morgan fingerprint density at radius 3 is 2.74 bits per heavy atom. The fourth-order valence-electron chi connectivity index (χ4n) is 4.61. The van der Waals surface area contributed by atoms with E-state index in [1.807, 2.05) is 30.7 Å². The monoisotopic (exact) mass is 475 g/mol. The zero-order valence-corrected chi connectivity index (χ0v) is 20.0. The number of aromatic nitrogens is 7. The molecule has 12 nitrogen and oxygen atoms in total. The molecule has 182 valence electrons. The Kier molecular flexibility index (Phi) is 5.84. The molecule has 0 aliphatic carbocycles. The number of ether oxygens (including phenoxy) is 1. The van der Waals surface area contributed by atoms with Crippen LogP contribution in [-0.4, -0.2) is 104 Å². The zero-order chi connectivity index (χ0) is 23.8. The van der Waals surface area contributed by atoms with Crippen molar-refractivity contribution in [3.8, 4) is 0 Å². The molecule has 1 N–H and O–H groups in total. The minimum Gasteiger partial charge on any atom is -0.373 e. The van der Waals surface area contributed by atoms with E-state index < -0.39 is 0 Å². The summed E-state index contributed by atoms with van der Waals surface area (Å²) in [5, 5.41) is 10.5. The van der Waals surface area contributed by atoms with Crippen molar-refractivity contribution in [2.24, 2.45) is 0 Å². The summed E-state index contributed by atoms with van der Waals surface area (Å²) in [4.78, 5) is 23.1. The van der Waals surface area contributed by atoms with Gasteiger partial charge in [0.25, 0.3) is 0 Å². The van der Waals surface area contributed by atoms with Gasteiger partial charge < -0.3 is 20.0 Å². The summed E-state index contributed by atoms with van der Waals surface area (Å²) in [6.07, 6.45) is 10.8. The number of rotatable bonds is 5. The number of hydrogen-bond donors (Lipinski definition) is 1. The predicted molar refractivity (Wildman–Crippen MR) is 131 cm³/mol. The molecule has 1 saturated heterocycles. The predicted octanol–water partition coefficient (Wildman–Crippen LogP) is 0.427. The highest BCUT2D eigenvalue weighted by Crippen LogP contribution is 2.23. The first kappa shape index (κ1) is 22.0. The van der Waals surface area contributed by atoms with Crippen molar-refractivity contribution in [2.45, 2.75) is 19.1 Å². The molecule has 1 fully saturated rings. The van der Waals surface area contributed by atoms with Gasteiger partial charge in [0.2, 0.25) is 11.6 Å². The molecule has 0 spiro atoms. The van der Waals surface area contributed by atoms with Gasteiger partial charge in [-0.2, -0.15) is 0 Å². The molecule has 0 amide bonds. The van der Waals surface area contributed by atoms with Gasteiger partial charge in [0, 0.05) is 69.5 Å². The van der Waals surface area contributed by atoms with Gasteiger partial charge in [-0.1, -0.05) is 11.3 Å². The van der Waals surface area contributed by atoms with Crippen molar-refractivity contribution < 1.29 is 4.74 Å². The summed E-state index contributed by atoms with van der Waals surface area (Å²) in [6, 6.07) is 0. The van der Waals surface area contributed by atoms with Crippen molar-refractivity contribution >= 4 is 28.4 Å². The second-order valence-electron chi connectivity index (χ2n) is 9.28. The average Bonchev–Trinajstić information content (AvgIpc) is 3.51. The van der Waals surface area contributed by atoms with Gasteiger partial charge >= 0.3 is 0 Å². The normalized spacial score (nSPS) is 21.8. The van der Waals surface area contributed by atoms with Gasteiger partial charge in [0.1, 0.15) is 0 Å². The van der Waals surface area contributed by atoms with E-state index in [2.05, 4.69) is 53.6 Å². The zero-order valence-electron chi connectivity index (χ0n) is 20.0. The van der Waals surface area contributed by atoms with Crippen LogP contribution >= 0.6 is 0 Å². The molecule has 3 aromatic heterocycles. The first-order chi connectivity index (χ1) is 17.1. The third-order valence-corrected chi connectivity index (χ3v) is 6.64. The van der Waals surface area contributed by atoms with E-state index >= 15 is 0 Å². The topological polar surface area (TPSA) is 113 Å². The lowest BCUT2D eigenvalue weighted by molar-refractivity contribution is 0.0272. The molecule has 3 aliphatic rings. The van der Waals surface area contributed by atoms with Crippen LogP contribution in [0.1, 0.15) is 17.7 Å². The van der Waals surface area contributed by atoms with E-state index in [0.717, 1.165) is 55.4 Å². The van der Waals surface area contributed by atoms with E-state index in [9.17, 15) is 0 Å². The van der Waals surface area contributed by atoms with Gasteiger partial charge in [-0.25, -0.2) is 29.6 Å². The Balaban J connectivity index is 1.15. The van der Waals surface area contributed by atoms with Crippen LogP contribution in [0.5, 0.6) is 0 Å². The quantitative estimate of drug-likeness (QED) is 0.554. The van der Waals surface area contributed by atoms with Crippen LogP contribution in [0.15, 0.2) is 30.9 Å². The van der Waals surface area contributed by atoms with Crippen LogP contribution in [0, 0.1) is 0 Å². The minimum absolute atomic E-state index is 0.0857. The van der Waals surface area contributed by atoms with E-state index in [4.69, 9.17) is 9.72 Å². The molecular weight excluding hydrogens is 446 g/mol. The first-order valence-corrected chi connectivity index (χ1v) is 11.9. The highest BCUT2D eigenvalue weighted by atomic mass is 16.5. The SMILES string of the molecule is CN1CC=C(c2cnc(N3CCO[C@H](Cn4nnc5ncc(C6=CNN(C)C6)nc54)C3)nc2)CC1. The molecule has 35 heavy (non-hydrogen) atoms. The number of fused-ring (bicyclic) bond motifs is 1. The Hall–Kier alpha value is -3.48. The Labute approximate surface area is 203 Å². The van der Waals surface area contributed by atoms with Crippen LogP contribution in [0.4, 0.5) is 5.95 Å². The fourth-order valence-corrected chi connectivity index (χ4v) is 4.61. The molecule has 0 radical (unpaired) electrons. The minimum atomic E-state index is -0.0857. The van der Waals surface area contributed by atoms with Crippen molar-refractivity contribution in [3.63, 3.8) is 0 Å². The second-order valence-corrected chi connectivity index (χ2v) is 9.28. The molecule has 0 unspecified atom stereocenters. The summed E-state index contributed by atoms with van der Waals surface area (Å²) >= 11 is 0. The summed E-state index contributed by atoms with van der Waals surface area (Å²) in [5.41, 5.74) is 8.67. The lowest BCUT2D eigenvalue weighted by atomic mass is 10.0. The molecule has 6 rings (SSSR count). The Bertz CT molecular complexity index is 1270. The Morgan fingerprint density at radius 2 is 1.97 bits per heavy atom. The van der Waals surface area contributed by atoms with Gasteiger partial charge in [0.05, 0.1) is 31.1 Å². The van der Waals surface area contributed by atoms with Crippen LogP contribution in [0.25, 0.3) is 22.4 Å². The van der Waals surface area contributed by atoms with E-state index in [0.29, 0.717) is 31.0 Å². The van der Waals surface area contributed by atoms with Crippen LogP contribution < -0.4 is 10.3 Å². The molecule has 0 bridgehead atoms. The number of nitrogens with zero attached hydrogens (tertiary/aromatic N) is 10. The highest BCUT2D eigenvalue weighted by Gasteiger charge is 2.25. The number of morpholine rings is 1.